The van der Waals surface area contributed by atoms with Crippen molar-refractivity contribution in [1.82, 2.24) is 14.5 Å². The van der Waals surface area contributed by atoms with Crippen LogP contribution in [-0.2, 0) is 38.4 Å². The van der Waals surface area contributed by atoms with Crippen LogP contribution in [0.2, 0.25) is 0 Å². The van der Waals surface area contributed by atoms with Gasteiger partial charge in [-0.2, -0.15) is 4.98 Å². The number of nitrogens with two attached hydrogens (primary N) is 1. The highest BCUT2D eigenvalue weighted by atomic mass is 31.2. The van der Waals surface area contributed by atoms with Crippen LogP contribution >= 0.6 is 15.6 Å². The van der Waals surface area contributed by atoms with Crippen LogP contribution in [0.5, 0.6) is 0 Å². The highest BCUT2D eigenvalue weighted by Gasteiger charge is 2.32. The normalized spacial score (nSPS) is 12.7. The quantitative estimate of drug-likeness (QED) is 0.533. The summed E-state index contributed by atoms with van der Waals surface area (Å²) in [4.78, 5) is 3.90. The number of phosphoric ester groups is 1. The van der Waals surface area contributed by atoms with E-state index < -0.39 is 15.6 Å². The summed E-state index contributed by atoms with van der Waals surface area (Å²) in [6.07, 6.45) is 0. The van der Waals surface area contributed by atoms with Crippen molar-refractivity contribution in [1.29, 1.82) is 0 Å². The van der Waals surface area contributed by atoms with Gasteiger partial charge in [0, 0.05) is 0 Å². The minimum atomic E-state index is -3.75. The van der Waals surface area contributed by atoms with Gasteiger partial charge in [-0.25, -0.2) is 9.13 Å². The van der Waals surface area contributed by atoms with Gasteiger partial charge in [0.25, 0.3) is 0 Å². The molecular weight excluding hydrogens is 362 g/mol. The summed E-state index contributed by atoms with van der Waals surface area (Å²) >= 11 is 0. The van der Waals surface area contributed by atoms with Crippen LogP contribution in [0.4, 0.5) is 5.95 Å². The summed E-state index contributed by atoms with van der Waals surface area (Å²) < 4.78 is 51.1. The number of nitrogen functional groups attached to an aromatic ring is 1. The summed E-state index contributed by atoms with van der Waals surface area (Å²) in [5, 5.41) is 3.95. The van der Waals surface area contributed by atoms with Crippen molar-refractivity contribution in [3.8, 4) is 0 Å². The van der Waals surface area contributed by atoms with Crippen molar-refractivity contribution in [2.24, 2.45) is 0 Å². The molecule has 0 bridgehead atoms. The molecule has 0 aromatic carbocycles. The molecule has 1 aromatic rings. The first kappa shape index (κ1) is 21.2. The third-order valence-corrected chi connectivity index (χ3v) is 5.92. The van der Waals surface area contributed by atoms with Crippen molar-refractivity contribution >= 4 is 21.5 Å². The molecule has 0 fully saturated rings. The number of hydrogen-bond donors (Lipinski definition) is 1. The molecule has 1 rings (SSSR count). The molecule has 0 unspecified atom stereocenters. The fraction of sp³-hybridized carbons (Fsp3) is 0.818. The molecule has 0 atom stereocenters. The third-order valence-electron chi connectivity index (χ3n) is 2.40. The molecule has 2 N–H and O–H groups in total. The molecule has 13 heteroatoms. The Morgan fingerprint density at radius 2 is 1.42 bits per heavy atom. The SMILES string of the molecule is CCOP(=O)(OCC)OCc1nc(N)n(P(=O)(OCC)OCC)n1. The van der Waals surface area contributed by atoms with Gasteiger partial charge in [0.2, 0.25) is 5.95 Å². The Morgan fingerprint density at radius 1 is 0.917 bits per heavy atom. The molecule has 11 nitrogen and oxygen atoms in total. The molecule has 0 aliphatic rings. The Balaban J connectivity index is 2.93. The first-order chi connectivity index (χ1) is 11.3. The smallest absolute Gasteiger partial charge is 0.368 e. The topological polar surface area (TPSA) is 137 Å². The zero-order valence-electron chi connectivity index (χ0n) is 14.2. The van der Waals surface area contributed by atoms with Crippen molar-refractivity contribution in [3.05, 3.63) is 5.82 Å². The summed E-state index contributed by atoms with van der Waals surface area (Å²) in [6.45, 7) is 6.86. The lowest BCUT2D eigenvalue weighted by Gasteiger charge is -2.16. The predicted molar refractivity (Wildman–Crippen MR) is 86.3 cm³/mol. The molecule has 0 saturated carbocycles. The van der Waals surface area contributed by atoms with E-state index in [-0.39, 0.29) is 44.8 Å². The number of anilines is 1. The third kappa shape index (κ3) is 5.63. The molecule has 0 aliphatic heterocycles. The van der Waals surface area contributed by atoms with E-state index in [1.54, 1.807) is 27.7 Å². The average Bonchev–Trinajstić information content (AvgIpc) is 2.88. The van der Waals surface area contributed by atoms with Crippen LogP contribution in [0.15, 0.2) is 0 Å². The number of aromatic nitrogens is 3. The summed E-state index contributed by atoms with van der Waals surface area (Å²) in [7, 11) is -7.47. The Bertz CT molecular complexity index is 589. The lowest BCUT2D eigenvalue weighted by molar-refractivity contribution is 0.114. The summed E-state index contributed by atoms with van der Waals surface area (Å²) in [5.74, 6) is -0.145. The maximum absolute atomic E-state index is 12.6. The average molecular weight is 386 g/mol. The molecule has 0 aliphatic carbocycles. The summed E-state index contributed by atoms with van der Waals surface area (Å²) in [5.41, 5.74) is 5.71. The molecule has 0 amide bonds. The maximum Gasteiger partial charge on any atom is 0.475 e. The molecule has 0 saturated heterocycles. The minimum Gasteiger partial charge on any atom is -0.368 e. The lowest BCUT2D eigenvalue weighted by atomic mass is 10.7. The highest BCUT2D eigenvalue weighted by Crippen LogP contribution is 2.51. The first-order valence-corrected chi connectivity index (χ1v) is 10.4. The number of hydrogen-bond acceptors (Lipinski definition) is 10. The monoisotopic (exact) mass is 386 g/mol. The molecular formula is C11H24N4O7P2. The molecule has 24 heavy (non-hydrogen) atoms. The van der Waals surface area contributed by atoms with E-state index in [4.69, 9.17) is 28.4 Å². The Morgan fingerprint density at radius 3 is 1.88 bits per heavy atom. The van der Waals surface area contributed by atoms with Crippen LogP contribution in [0.3, 0.4) is 0 Å². The van der Waals surface area contributed by atoms with Crippen molar-refractivity contribution in [2.75, 3.05) is 32.2 Å². The Labute approximate surface area is 141 Å². The largest absolute Gasteiger partial charge is 0.475 e. The standard InChI is InChI=1S/C11H24N4O7P2/c1-5-18-23(16,19-6-2)15-11(12)13-10(14-15)9-22-24(17,20-7-3)21-8-4/h5-9H2,1-4H3,(H2,12,13,14). The minimum absolute atomic E-state index is 0.0340. The van der Waals surface area contributed by atoms with Crippen LogP contribution in [0.1, 0.15) is 33.5 Å². The second-order valence-electron chi connectivity index (χ2n) is 4.14. The second-order valence-corrected chi connectivity index (χ2v) is 7.64. The van der Waals surface area contributed by atoms with Gasteiger partial charge < -0.3 is 5.73 Å². The van der Waals surface area contributed by atoms with Gasteiger partial charge in [-0.1, -0.05) is 0 Å². The fourth-order valence-corrected chi connectivity index (χ4v) is 4.22. The van der Waals surface area contributed by atoms with E-state index in [2.05, 4.69) is 10.1 Å². The Kier molecular flexibility index (Phi) is 8.52. The number of nitrogens with zero attached hydrogens (tertiary/aromatic N) is 3. The van der Waals surface area contributed by atoms with Gasteiger partial charge >= 0.3 is 15.6 Å². The van der Waals surface area contributed by atoms with E-state index in [0.29, 0.717) is 0 Å². The second kappa shape index (κ2) is 9.62. The first-order valence-electron chi connectivity index (χ1n) is 7.49. The van der Waals surface area contributed by atoms with E-state index in [1.165, 1.54) is 0 Å². The molecule has 0 spiro atoms. The van der Waals surface area contributed by atoms with Crippen molar-refractivity contribution in [3.63, 3.8) is 0 Å². The zero-order chi connectivity index (χ0) is 18.2. The predicted octanol–water partition coefficient (Wildman–Crippen LogP) is 2.59. The number of phosphoric acid groups is 1. The van der Waals surface area contributed by atoms with E-state index in [9.17, 15) is 9.13 Å². The van der Waals surface area contributed by atoms with E-state index in [0.717, 1.165) is 4.45 Å². The molecule has 140 valence electrons. The van der Waals surface area contributed by atoms with Gasteiger partial charge in [0.1, 0.15) is 6.61 Å². The van der Waals surface area contributed by atoms with Crippen molar-refractivity contribution in [2.45, 2.75) is 34.3 Å². The number of rotatable bonds is 12. The lowest BCUT2D eigenvalue weighted by Crippen LogP contribution is -2.09. The van der Waals surface area contributed by atoms with Crippen molar-refractivity contribution < 1.29 is 31.7 Å². The molecule has 1 aromatic heterocycles. The van der Waals surface area contributed by atoms with Crippen LogP contribution in [0, 0.1) is 0 Å². The fourth-order valence-electron chi connectivity index (χ4n) is 1.64. The van der Waals surface area contributed by atoms with E-state index in [1.807, 2.05) is 0 Å². The molecule has 1 heterocycles. The molecule has 0 radical (unpaired) electrons. The summed E-state index contributed by atoms with van der Waals surface area (Å²) in [6, 6.07) is 0. The van der Waals surface area contributed by atoms with Gasteiger partial charge in [0.15, 0.2) is 5.82 Å². The van der Waals surface area contributed by atoms with Gasteiger partial charge in [-0.15, -0.1) is 9.55 Å². The van der Waals surface area contributed by atoms with Crippen LogP contribution in [0.25, 0.3) is 0 Å². The Hall–Kier alpha value is -0.800. The highest BCUT2D eigenvalue weighted by molar-refractivity contribution is 7.52. The van der Waals surface area contributed by atoms with Gasteiger partial charge in [-0.3, -0.25) is 22.6 Å². The van der Waals surface area contributed by atoms with E-state index >= 15 is 0 Å². The zero-order valence-corrected chi connectivity index (χ0v) is 16.0. The van der Waals surface area contributed by atoms with Crippen LogP contribution < -0.4 is 5.73 Å². The van der Waals surface area contributed by atoms with Gasteiger partial charge in [0.05, 0.1) is 26.4 Å². The van der Waals surface area contributed by atoms with Gasteiger partial charge in [-0.05, 0) is 27.7 Å². The maximum atomic E-state index is 12.6. The van der Waals surface area contributed by atoms with Crippen LogP contribution in [-0.4, -0.2) is 41.0 Å².